The number of nitrogens with zero attached hydrogens (tertiary/aromatic N) is 3. The van der Waals surface area contributed by atoms with Crippen LogP contribution in [0.4, 0.5) is 5.69 Å². The minimum Gasteiger partial charge on any atom is -0.312 e. The fourth-order valence-corrected chi connectivity index (χ4v) is 6.12. The van der Waals surface area contributed by atoms with E-state index in [9.17, 15) is 9.59 Å². The molecule has 0 aliphatic heterocycles. The molecule has 1 aromatic carbocycles. The number of benzene rings is 1. The Labute approximate surface area is 184 Å². The van der Waals surface area contributed by atoms with Crippen molar-refractivity contribution in [3.05, 3.63) is 63.8 Å². The number of amides is 1. The molecule has 4 rings (SSSR count). The lowest BCUT2D eigenvalue weighted by atomic mass is 9.97. The molecule has 2 heterocycles. The molecule has 0 saturated carbocycles. The van der Waals surface area contributed by atoms with E-state index in [1.165, 1.54) is 28.6 Å². The SMILES string of the molecule is C=CCn1c(SCC(=O)N(CC)c2ccccc2)nc2sc3c(c2c1=O)CCCC3. The Morgan fingerprint density at radius 1 is 1.30 bits per heavy atom. The first-order chi connectivity index (χ1) is 14.6. The second kappa shape index (κ2) is 9.18. The largest absolute Gasteiger partial charge is 0.312 e. The molecular weight excluding hydrogens is 414 g/mol. The molecule has 1 aliphatic carbocycles. The molecule has 3 aromatic rings. The summed E-state index contributed by atoms with van der Waals surface area (Å²) in [6, 6.07) is 9.65. The lowest BCUT2D eigenvalue weighted by Crippen LogP contribution is -2.32. The predicted octanol–water partition coefficient (Wildman–Crippen LogP) is 4.67. The number of aryl methyl sites for hydroxylation is 2. The van der Waals surface area contributed by atoms with Crippen LogP contribution in [0, 0.1) is 0 Å². The summed E-state index contributed by atoms with van der Waals surface area (Å²) in [6.07, 6.45) is 5.98. The number of thioether (sulfide) groups is 1. The Hall–Kier alpha value is -2.38. The van der Waals surface area contributed by atoms with Crippen LogP contribution in [0.15, 0.2) is 52.9 Å². The van der Waals surface area contributed by atoms with Crippen LogP contribution in [0.3, 0.4) is 0 Å². The first kappa shape index (κ1) is 20.9. The molecule has 0 N–H and O–H groups in total. The van der Waals surface area contributed by atoms with Crippen molar-refractivity contribution in [3.8, 4) is 0 Å². The zero-order chi connectivity index (χ0) is 21.1. The predicted molar refractivity (Wildman–Crippen MR) is 126 cm³/mol. The standard InChI is InChI=1S/C23H25N3O2S2/c1-3-14-26-22(28)20-17-12-8-9-13-18(17)30-21(20)24-23(26)29-15-19(27)25(4-2)16-10-6-5-7-11-16/h3,5-7,10-11H,1,4,8-9,12-15H2,2H3. The van der Waals surface area contributed by atoms with Gasteiger partial charge in [-0.3, -0.25) is 14.2 Å². The van der Waals surface area contributed by atoms with Gasteiger partial charge in [-0.1, -0.05) is 36.0 Å². The third-order valence-corrected chi connectivity index (χ3v) is 7.51. The number of anilines is 1. The molecular formula is C23H25N3O2S2. The van der Waals surface area contributed by atoms with Gasteiger partial charge in [-0.15, -0.1) is 17.9 Å². The van der Waals surface area contributed by atoms with Gasteiger partial charge >= 0.3 is 0 Å². The molecule has 1 aliphatic rings. The van der Waals surface area contributed by atoms with Crippen molar-refractivity contribution in [2.75, 3.05) is 17.2 Å². The van der Waals surface area contributed by atoms with Crippen molar-refractivity contribution in [2.45, 2.75) is 44.3 Å². The average molecular weight is 440 g/mol. The van der Waals surface area contributed by atoms with E-state index in [-0.39, 0.29) is 17.2 Å². The lowest BCUT2D eigenvalue weighted by Gasteiger charge is -2.21. The summed E-state index contributed by atoms with van der Waals surface area (Å²) in [7, 11) is 0. The molecule has 0 atom stereocenters. The van der Waals surface area contributed by atoms with Crippen molar-refractivity contribution in [1.29, 1.82) is 0 Å². The number of carbonyl (C=O) groups excluding carboxylic acids is 1. The van der Waals surface area contributed by atoms with Gasteiger partial charge in [0.05, 0.1) is 11.1 Å². The third kappa shape index (κ3) is 3.96. The fourth-order valence-electron chi connectivity index (χ4n) is 3.94. The number of aromatic nitrogens is 2. The molecule has 0 bridgehead atoms. The van der Waals surface area contributed by atoms with E-state index < -0.39 is 0 Å². The Morgan fingerprint density at radius 2 is 2.07 bits per heavy atom. The highest BCUT2D eigenvalue weighted by Gasteiger charge is 2.23. The van der Waals surface area contributed by atoms with Gasteiger partial charge in [-0.25, -0.2) is 4.98 Å². The van der Waals surface area contributed by atoms with E-state index >= 15 is 0 Å². The molecule has 30 heavy (non-hydrogen) atoms. The van der Waals surface area contributed by atoms with Crippen LogP contribution in [0.25, 0.3) is 10.2 Å². The monoisotopic (exact) mass is 439 g/mol. The summed E-state index contributed by atoms with van der Waals surface area (Å²) in [5, 5.41) is 1.36. The van der Waals surface area contributed by atoms with Crippen LogP contribution in [-0.4, -0.2) is 27.8 Å². The van der Waals surface area contributed by atoms with E-state index in [0.29, 0.717) is 18.2 Å². The van der Waals surface area contributed by atoms with E-state index in [2.05, 4.69) is 6.58 Å². The highest BCUT2D eigenvalue weighted by molar-refractivity contribution is 7.99. The molecule has 0 radical (unpaired) electrons. The second-order valence-electron chi connectivity index (χ2n) is 7.25. The lowest BCUT2D eigenvalue weighted by molar-refractivity contribution is -0.116. The molecule has 156 valence electrons. The van der Waals surface area contributed by atoms with Crippen molar-refractivity contribution in [3.63, 3.8) is 0 Å². The van der Waals surface area contributed by atoms with Gasteiger partial charge in [0.1, 0.15) is 4.83 Å². The normalized spacial score (nSPS) is 13.2. The fraction of sp³-hybridized carbons (Fsp3) is 0.348. The van der Waals surface area contributed by atoms with Gasteiger partial charge in [0.15, 0.2) is 5.16 Å². The van der Waals surface area contributed by atoms with Gasteiger partial charge in [-0.2, -0.15) is 0 Å². The number of fused-ring (bicyclic) bond motifs is 3. The highest BCUT2D eigenvalue weighted by atomic mass is 32.2. The number of para-hydroxylation sites is 1. The van der Waals surface area contributed by atoms with Crippen molar-refractivity contribution in [1.82, 2.24) is 9.55 Å². The van der Waals surface area contributed by atoms with Crippen LogP contribution < -0.4 is 10.5 Å². The smallest absolute Gasteiger partial charge is 0.263 e. The quantitative estimate of drug-likeness (QED) is 0.305. The summed E-state index contributed by atoms with van der Waals surface area (Å²) < 4.78 is 1.66. The summed E-state index contributed by atoms with van der Waals surface area (Å²) >= 11 is 2.97. The molecule has 0 spiro atoms. The zero-order valence-corrected chi connectivity index (χ0v) is 18.7. The average Bonchev–Trinajstić information content (AvgIpc) is 3.14. The van der Waals surface area contributed by atoms with Crippen LogP contribution >= 0.6 is 23.1 Å². The van der Waals surface area contributed by atoms with Crippen LogP contribution in [0.5, 0.6) is 0 Å². The highest BCUT2D eigenvalue weighted by Crippen LogP contribution is 2.34. The Balaban J connectivity index is 1.65. The zero-order valence-electron chi connectivity index (χ0n) is 17.1. The Bertz CT molecular complexity index is 1130. The maximum absolute atomic E-state index is 13.3. The van der Waals surface area contributed by atoms with Gasteiger partial charge in [0.2, 0.25) is 5.91 Å². The Kier molecular flexibility index (Phi) is 6.39. The topological polar surface area (TPSA) is 55.2 Å². The number of hydrogen-bond acceptors (Lipinski definition) is 5. The first-order valence-corrected chi connectivity index (χ1v) is 12.1. The maximum atomic E-state index is 13.3. The molecule has 1 amide bonds. The molecule has 7 heteroatoms. The van der Waals surface area contributed by atoms with Crippen LogP contribution in [0.1, 0.15) is 30.2 Å². The van der Waals surface area contributed by atoms with Gasteiger partial charge in [0.25, 0.3) is 5.56 Å². The summed E-state index contributed by atoms with van der Waals surface area (Å²) in [4.78, 5) is 34.9. The van der Waals surface area contributed by atoms with Gasteiger partial charge in [-0.05, 0) is 50.3 Å². The molecule has 0 fully saturated rings. The van der Waals surface area contributed by atoms with Crippen molar-refractivity contribution in [2.24, 2.45) is 0 Å². The van der Waals surface area contributed by atoms with E-state index in [4.69, 9.17) is 4.98 Å². The number of carbonyl (C=O) groups is 1. The second-order valence-corrected chi connectivity index (χ2v) is 9.28. The molecule has 0 unspecified atom stereocenters. The van der Waals surface area contributed by atoms with E-state index in [1.54, 1.807) is 26.9 Å². The minimum atomic E-state index is -0.00958. The first-order valence-electron chi connectivity index (χ1n) is 10.3. The summed E-state index contributed by atoms with van der Waals surface area (Å²) in [5.41, 5.74) is 2.05. The van der Waals surface area contributed by atoms with Gasteiger partial charge < -0.3 is 4.90 Å². The number of rotatable bonds is 7. The summed E-state index contributed by atoms with van der Waals surface area (Å²) in [5.74, 6) is 0.224. The Morgan fingerprint density at radius 3 is 2.80 bits per heavy atom. The molecule has 2 aromatic heterocycles. The molecule has 0 saturated heterocycles. The van der Waals surface area contributed by atoms with Crippen molar-refractivity contribution < 1.29 is 4.79 Å². The summed E-state index contributed by atoms with van der Waals surface area (Å²) in [6.45, 7) is 6.74. The van der Waals surface area contributed by atoms with Crippen LogP contribution in [0.2, 0.25) is 0 Å². The maximum Gasteiger partial charge on any atom is 0.263 e. The number of thiophene rings is 1. The third-order valence-electron chi connectivity index (χ3n) is 5.36. The van der Waals surface area contributed by atoms with Crippen LogP contribution in [-0.2, 0) is 24.2 Å². The van der Waals surface area contributed by atoms with Gasteiger partial charge in [0, 0.05) is 23.7 Å². The molecule has 5 nitrogen and oxygen atoms in total. The van der Waals surface area contributed by atoms with Crippen molar-refractivity contribution >= 4 is 44.9 Å². The number of hydrogen-bond donors (Lipinski definition) is 0. The minimum absolute atomic E-state index is 0.00123. The van der Waals surface area contributed by atoms with E-state index in [1.807, 2.05) is 37.3 Å². The number of allylic oxidation sites excluding steroid dienone is 1. The van der Waals surface area contributed by atoms with E-state index in [0.717, 1.165) is 35.2 Å².